The van der Waals surface area contributed by atoms with Crippen LogP contribution < -0.4 is 5.32 Å². The van der Waals surface area contributed by atoms with Crippen LogP contribution in [0.1, 0.15) is 44.7 Å². The van der Waals surface area contributed by atoms with E-state index in [4.69, 9.17) is 9.47 Å². The van der Waals surface area contributed by atoms with Gasteiger partial charge in [-0.25, -0.2) is 4.79 Å². The molecule has 0 fully saturated rings. The maximum Gasteiger partial charge on any atom is 0.407 e. The van der Waals surface area contributed by atoms with E-state index in [0.717, 1.165) is 0 Å². The summed E-state index contributed by atoms with van der Waals surface area (Å²) in [7, 11) is 0. The SMILES string of the molecule is C[C@@H](OC(C)(C)C)[C@@H](CO)NC(=O)OCC1c2ccccc2-c2ccccc21. The topological polar surface area (TPSA) is 67.8 Å². The van der Waals surface area contributed by atoms with Crippen LogP contribution in [0.5, 0.6) is 0 Å². The van der Waals surface area contributed by atoms with Crippen molar-refractivity contribution in [3.63, 3.8) is 0 Å². The minimum atomic E-state index is -0.551. The fraction of sp³-hybridized carbons (Fsp3) is 0.435. The Morgan fingerprint density at radius 2 is 1.61 bits per heavy atom. The molecule has 0 unspecified atom stereocenters. The number of benzene rings is 2. The predicted molar refractivity (Wildman–Crippen MR) is 109 cm³/mol. The molecular formula is C23H29NO4. The summed E-state index contributed by atoms with van der Waals surface area (Å²) in [5.41, 5.74) is 4.34. The van der Waals surface area contributed by atoms with Crippen molar-refractivity contribution in [3.05, 3.63) is 59.7 Å². The Labute approximate surface area is 166 Å². The third-order valence-corrected chi connectivity index (χ3v) is 4.95. The van der Waals surface area contributed by atoms with Crippen molar-refractivity contribution in [2.45, 2.75) is 51.4 Å². The van der Waals surface area contributed by atoms with E-state index in [-0.39, 0.29) is 30.8 Å². The second kappa shape index (κ2) is 8.33. The van der Waals surface area contributed by atoms with E-state index in [2.05, 4.69) is 29.6 Å². The van der Waals surface area contributed by atoms with E-state index in [1.807, 2.05) is 52.0 Å². The number of amides is 1. The molecule has 1 amide bonds. The maximum atomic E-state index is 12.4. The number of carbonyl (C=O) groups is 1. The lowest BCUT2D eigenvalue weighted by Crippen LogP contribution is -2.48. The lowest BCUT2D eigenvalue weighted by atomic mass is 9.98. The molecule has 0 aliphatic heterocycles. The van der Waals surface area contributed by atoms with Crippen LogP contribution >= 0.6 is 0 Å². The molecule has 1 aliphatic rings. The summed E-state index contributed by atoms with van der Waals surface area (Å²) in [6.07, 6.45) is -0.893. The van der Waals surface area contributed by atoms with E-state index in [9.17, 15) is 9.90 Å². The largest absolute Gasteiger partial charge is 0.449 e. The van der Waals surface area contributed by atoms with Crippen molar-refractivity contribution >= 4 is 6.09 Å². The summed E-state index contributed by atoms with van der Waals surface area (Å²) < 4.78 is 11.4. The third kappa shape index (κ3) is 4.54. The van der Waals surface area contributed by atoms with Crippen LogP contribution in [0.3, 0.4) is 0 Å². The molecule has 2 atom stereocenters. The molecular weight excluding hydrogens is 354 g/mol. The minimum Gasteiger partial charge on any atom is -0.449 e. The van der Waals surface area contributed by atoms with Gasteiger partial charge in [-0.15, -0.1) is 0 Å². The fourth-order valence-corrected chi connectivity index (χ4v) is 3.74. The van der Waals surface area contributed by atoms with Crippen molar-refractivity contribution in [1.82, 2.24) is 5.32 Å². The Balaban J connectivity index is 1.65. The molecule has 3 rings (SSSR count). The number of aliphatic hydroxyl groups is 1. The molecule has 0 spiro atoms. The van der Waals surface area contributed by atoms with Gasteiger partial charge in [0.05, 0.1) is 24.4 Å². The fourth-order valence-electron chi connectivity index (χ4n) is 3.74. The molecule has 28 heavy (non-hydrogen) atoms. The smallest absolute Gasteiger partial charge is 0.407 e. The lowest BCUT2D eigenvalue weighted by molar-refractivity contribution is -0.0721. The van der Waals surface area contributed by atoms with Gasteiger partial charge in [0.15, 0.2) is 0 Å². The van der Waals surface area contributed by atoms with Gasteiger partial charge < -0.3 is 19.9 Å². The quantitative estimate of drug-likeness (QED) is 0.788. The van der Waals surface area contributed by atoms with E-state index >= 15 is 0 Å². The minimum absolute atomic E-state index is 0.00831. The molecule has 0 heterocycles. The summed E-state index contributed by atoms with van der Waals surface area (Å²) >= 11 is 0. The van der Waals surface area contributed by atoms with Gasteiger partial charge in [0.25, 0.3) is 0 Å². The van der Waals surface area contributed by atoms with Crippen molar-refractivity contribution in [2.75, 3.05) is 13.2 Å². The second-order valence-corrected chi connectivity index (χ2v) is 8.19. The van der Waals surface area contributed by atoms with Crippen LogP contribution in [-0.4, -0.2) is 42.2 Å². The van der Waals surface area contributed by atoms with Crippen LogP contribution in [-0.2, 0) is 9.47 Å². The van der Waals surface area contributed by atoms with Gasteiger partial charge in [0.1, 0.15) is 6.61 Å². The molecule has 5 nitrogen and oxygen atoms in total. The van der Waals surface area contributed by atoms with Crippen LogP contribution in [0.4, 0.5) is 4.79 Å². The van der Waals surface area contributed by atoms with E-state index in [1.54, 1.807) is 0 Å². The number of rotatable bonds is 6. The average Bonchev–Trinajstić information content (AvgIpc) is 2.97. The highest BCUT2D eigenvalue weighted by molar-refractivity contribution is 5.79. The molecule has 5 heteroatoms. The van der Waals surface area contributed by atoms with Crippen LogP contribution in [0.15, 0.2) is 48.5 Å². The van der Waals surface area contributed by atoms with Gasteiger partial charge in [0, 0.05) is 5.92 Å². The molecule has 0 saturated heterocycles. The van der Waals surface area contributed by atoms with E-state index in [0.29, 0.717) is 0 Å². The number of hydrogen-bond donors (Lipinski definition) is 2. The maximum absolute atomic E-state index is 12.4. The van der Waals surface area contributed by atoms with Gasteiger partial charge in [-0.1, -0.05) is 48.5 Å². The molecule has 2 aromatic carbocycles. The monoisotopic (exact) mass is 383 g/mol. The standard InChI is InChI=1S/C23H29NO4/c1-15(28-23(2,3)4)21(13-25)24-22(26)27-14-20-18-11-7-5-9-16(18)17-10-6-8-12-19(17)20/h5-12,15,20-21,25H,13-14H2,1-4H3,(H,24,26)/t15-,21-/m1/s1. The summed E-state index contributed by atoms with van der Waals surface area (Å²) in [5, 5.41) is 12.4. The normalized spacial score (nSPS) is 15.5. The number of alkyl carbamates (subject to hydrolysis) is 1. The van der Waals surface area contributed by atoms with Gasteiger partial charge in [-0.05, 0) is 49.9 Å². The Morgan fingerprint density at radius 3 is 2.11 bits per heavy atom. The zero-order valence-electron chi connectivity index (χ0n) is 16.9. The number of ether oxygens (including phenoxy) is 2. The van der Waals surface area contributed by atoms with Gasteiger partial charge in [0.2, 0.25) is 0 Å². The van der Waals surface area contributed by atoms with Crippen LogP contribution in [0.25, 0.3) is 11.1 Å². The summed E-state index contributed by atoms with van der Waals surface area (Å²) in [6.45, 7) is 7.66. The number of nitrogens with one attached hydrogen (secondary N) is 1. The van der Waals surface area contributed by atoms with Crippen LogP contribution in [0, 0.1) is 0 Å². The summed E-state index contributed by atoms with van der Waals surface area (Å²) in [4.78, 5) is 12.4. The third-order valence-electron chi connectivity index (χ3n) is 4.95. The first-order valence-corrected chi connectivity index (χ1v) is 9.70. The molecule has 0 saturated carbocycles. The first-order valence-electron chi connectivity index (χ1n) is 9.70. The molecule has 0 radical (unpaired) electrons. The zero-order chi connectivity index (χ0) is 20.3. The van der Waals surface area contributed by atoms with E-state index in [1.165, 1.54) is 22.3 Å². The van der Waals surface area contributed by atoms with Gasteiger partial charge >= 0.3 is 6.09 Å². The van der Waals surface area contributed by atoms with Crippen molar-refractivity contribution in [1.29, 1.82) is 0 Å². The average molecular weight is 383 g/mol. The highest BCUT2D eigenvalue weighted by atomic mass is 16.6. The number of carbonyl (C=O) groups excluding carboxylic acids is 1. The number of aliphatic hydroxyl groups excluding tert-OH is 1. The lowest BCUT2D eigenvalue weighted by Gasteiger charge is -2.30. The molecule has 1 aliphatic carbocycles. The van der Waals surface area contributed by atoms with Crippen molar-refractivity contribution in [3.8, 4) is 11.1 Å². The first-order chi connectivity index (χ1) is 13.3. The van der Waals surface area contributed by atoms with Crippen molar-refractivity contribution < 1.29 is 19.4 Å². The summed E-state index contributed by atoms with van der Waals surface area (Å²) in [5.74, 6) is 0.00831. The number of fused-ring (bicyclic) bond motifs is 3. The first kappa shape index (κ1) is 20.4. The van der Waals surface area contributed by atoms with E-state index < -0.39 is 12.1 Å². The number of hydrogen-bond acceptors (Lipinski definition) is 4. The molecule has 2 N–H and O–H groups in total. The predicted octanol–water partition coefficient (Wildman–Crippen LogP) is 4.09. The Bertz CT molecular complexity index is 782. The zero-order valence-corrected chi connectivity index (χ0v) is 16.9. The Hall–Kier alpha value is -2.37. The molecule has 0 bridgehead atoms. The Morgan fingerprint density at radius 1 is 1.07 bits per heavy atom. The van der Waals surface area contributed by atoms with Crippen LogP contribution in [0.2, 0.25) is 0 Å². The second-order valence-electron chi connectivity index (χ2n) is 8.19. The van der Waals surface area contributed by atoms with Gasteiger partial charge in [-0.2, -0.15) is 0 Å². The molecule has 0 aromatic heterocycles. The van der Waals surface area contributed by atoms with Gasteiger partial charge in [-0.3, -0.25) is 0 Å². The summed E-state index contributed by atoms with van der Waals surface area (Å²) in [6, 6.07) is 15.9. The highest BCUT2D eigenvalue weighted by Gasteiger charge is 2.30. The molecule has 150 valence electrons. The van der Waals surface area contributed by atoms with Crippen molar-refractivity contribution in [2.24, 2.45) is 0 Å². The highest BCUT2D eigenvalue weighted by Crippen LogP contribution is 2.44. The molecule has 2 aromatic rings. The Kier molecular flexibility index (Phi) is 6.06.